The molecule has 8 heteroatoms. The van der Waals surface area contributed by atoms with Gasteiger partial charge in [-0.05, 0) is 65.9 Å². The molecule has 178 valence electrons. The number of carboxylic acid groups (broad SMARTS) is 1. The molecule has 0 radical (unpaired) electrons. The molecule has 2 atom stereocenters. The lowest BCUT2D eigenvalue weighted by atomic mass is 9.96. The number of rotatable bonds is 9. The van der Waals surface area contributed by atoms with Crippen LogP contribution < -0.4 is 14.8 Å². The summed E-state index contributed by atoms with van der Waals surface area (Å²) in [6, 6.07) is 17.9. The number of aliphatic hydroxyl groups is 1. The van der Waals surface area contributed by atoms with Gasteiger partial charge in [-0.3, -0.25) is 0 Å². The Hall–Kier alpha value is -2.77. The van der Waals surface area contributed by atoms with Crippen molar-refractivity contribution < 1.29 is 24.5 Å². The molecule has 2 unspecified atom stereocenters. The zero-order valence-electron chi connectivity index (χ0n) is 18.3. The second kappa shape index (κ2) is 11.1. The summed E-state index contributed by atoms with van der Waals surface area (Å²) in [4.78, 5) is 11.0. The van der Waals surface area contributed by atoms with Crippen molar-refractivity contribution in [2.75, 3.05) is 19.7 Å². The first-order chi connectivity index (χ1) is 16.4. The van der Waals surface area contributed by atoms with Gasteiger partial charge in [0, 0.05) is 19.2 Å². The number of fused-ring (bicyclic) bond motifs is 1. The van der Waals surface area contributed by atoms with E-state index in [1.165, 1.54) is 0 Å². The molecule has 0 aromatic heterocycles. The number of ether oxygens (including phenoxy) is 2. The predicted molar refractivity (Wildman–Crippen MR) is 132 cm³/mol. The van der Waals surface area contributed by atoms with Crippen LogP contribution in [0.1, 0.15) is 22.3 Å². The monoisotopic (exact) mass is 501 g/mol. The number of aromatic carboxylic acids is 1. The van der Waals surface area contributed by atoms with E-state index in [2.05, 4.69) is 11.4 Å². The SMILES string of the molecule is O=C(O)c1ccc(-c2ccc3c(c2)CCC(CNCC(O)COc2ccc(Cl)c(Cl)c2)O3)cc1. The minimum atomic E-state index is -0.934. The van der Waals surface area contributed by atoms with Crippen LogP contribution in [0.15, 0.2) is 60.7 Å². The highest BCUT2D eigenvalue weighted by Crippen LogP contribution is 2.32. The van der Waals surface area contributed by atoms with Crippen LogP contribution in [0.25, 0.3) is 11.1 Å². The molecule has 3 N–H and O–H groups in total. The largest absolute Gasteiger partial charge is 0.491 e. The molecule has 0 saturated carbocycles. The Kier molecular flexibility index (Phi) is 7.95. The molecule has 0 bridgehead atoms. The zero-order chi connectivity index (χ0) is 24.1. The highest BCUT2D eigenvalue weighted by Gasteiger charge is 2.20. The first-order valence-electron chi connectivity index (χ1n) is 11.0. The number of hydrogen-bond acceptors (Lipinski definition) is 5. The van der Waals surface area contributed by atoms with Gasteiger partial charge in [-0.1, -0.05) is 41.4 Å². The summed E-state index contributed by atoms with van der Waals surface area (Å²) in [6.45, 7) is 1.12. The fourth-order valence-electron chi connectivity index (χ4n) is 3.80. The van der Waals surface area contributed by atoms with Crippen LogP contribution >= 0.6 is 23.2 Å². The van der Waals surface area contributed by atoms with Gasteiger partial charge in [-0.15, -0.1) is 0 Å². The third-order valence-electron chi connectivity index (χ3n) is 5.64. The van der Waals surface area contributed by atoms with Crippen LogP contribution in [0, 0.1) is 0 Å². The number of aryl methyl sites for hydroxylation is 1. The van der Waals surface area contributed by atoms with Gasteiger partial charge in [0.15, 0.2) is 0 Å². The molecule has 0 spiro atoms. The predicted octanol–water partition coefficient (Wildman–Crippen LogP) is 5.08. The van der Waals surface area contributed by atoms with Crippen molar-refractivity contribution in [3.05, 3.63) is 81.8 Å². The number of benzene rings is 3. The lowest BCUT2D eigenvalue weighted by Gasteiger charge is -2.27. The van der Waals surface area contributed by atoms with Crippen LogP contribution in [0.2, 0.25) is 10.0 Å². The Balaban J connectivity index is 1.24. The van der Waals surface area contributed by atoms with Gasteiger partial charge < -0.3 is 25.0 Å². The highest BCUT2D eigenvalue weighted by molar-refractivity contribution is 6.42. The third-order valence-corrected chi connectivity index (χ3v) is 6.38. The molecule has 0 saturated heterocycles. The van der Waals surface area contributed by atoms with Crippen LogP contribution in [-0.2, 0) is 6.42 Å². The number of carboxylic acids is 1. The molecule has 1 heterocycles. The number of nitrogens with one attached hydrogen (secondary N) is 1. The molecule has 0 fully saturated rings. The average Bonchev–Trinajstić information content (AvgIpc) is 2.84. The molecule has 1 aliphatic heterocycles. The minimum Gasteiger partial charge on any atom is -0.491 e. The average molecular weight is 502 g/mol. The van der Waals surface area contributed by atoms with Crippen molar-refractivity contribution in [1.29, 1.82) is 0 Å². The van der Waals surface area contributed by atoms with Crippen LogP contribution in [0.5, 0.6) is 11.5 Å². The van der Waals surface area contributed by atoms with E-state index in [0.29, 0.717) is 28.9 Å². The summed E-state index contributed by atoms with van der Waals surface area (Å²) in [7, 11) is 0. The number of aliphatic hydroxyl groups excluding tert-OH is 1. The van der Waals surface area contributed by atoms with Crippen molar-refractivity contribution in [2.45, 2.75) is 25.0 Å². The lowest BCUT2D eigenvalue weighted by molar-refractivity contribution is 0.0697. The number of halogens is 2. The lowest BCUT2D eigenvalue weighted by Crippen LogP contribution is -2.39. The van der Waals surface area contributed by atoms with Gasteiger partial charge in [0.1, 0.15) is 30.3 Å². The van der Waals surface area contributed by atoms with Gasteiger partial charge in [0.25, 0.3) is 0 Å². The maximum Gasteiger partial charge on any atom is 0.335 e. The Bertz CT molecular complexity index is 1150. The van der Waals surface area contributed by atoms with Crippen LogP contribution in [0.4, 0.5) is 0 Å². The van der Waals surface area contributed by atoms with Crippen molar-refractivity contribution in [1.82, 2.24) is 5.32 Å². The van der Waals surface area contributed by atoms with E-state index in [4.69, 9.17) is 37.8 Å². The van der Waals surface area contributed by atoms with E-state index in [-0.39, 0.29) is 18.3 Å². The molecular weight excluding hydrogens is 477 g/mol. The summed E-state index contributed by atoms with van der Waals surface area (Å²) >= 11 is 11.9. The maximum absolute atomic E-state index is 11.0. The molecule has 1 aliphatic rings. The van der Waals surface area contributed by atoms with Gasteiger partial charge in [-0.25, -0.2) is 4.79 Å². The molecule has 4 rings (SSSR count). The van der Waals surface area contributed by atoms with Gasteiger partial charge in [0.05, 0.1) is 15.6 Å². The van der Waals surface area contributed by atoms with Gasteiger partial charge >= 0.3 is 5.97 Å². The second-order valence-corrected chi connectivity index (χ2v) is 9.00. The minimum absolute atomic E-state index is 0.0105. The number of hydrogen-bond donors (Lipinski definition) is 3. The summed E-state index contributed by atoms with van der Waals surface area (Å²) < 4.78 is 11.7. The maximum atomic E-state index is 11.0. The Morgan fingerprint density at radius 1 is 1.06 bits per heavy atom. The van der Waals surface area contributed by atoms with Gasteiger partial charge in [-0.2, -0.15) is 0 Å². The van der Waals surface area contributed by atoms with E-state index in [0.717, 1.165) is 35.3 Å². The van der Waals surface area contributed by atoms with E-state index in [1.54, 1.807) is 30.3 Å². The van der Waals surface area contributed by atoms with Crippen LogP contribution in [0.3, 0.4) is 0 Å². The van der Waals surface area contributed by atoms with Crippen molar-refractivity contribution in [3.63, 3.8) is 0 Å². The smallest absolute Gasteiger partial charge is 0.335 e. The van der Waals surface area contributed by atoms with E-state index in [9.17, 15) is 9.90 Å². The molecule has 6 nitrogen and oxygen atoms in total. The van der Waals surface area contributed by atoms with Gasteiger partial charge in [0.2, 0.25) is 0 Å². The van der Waals surface area contributed by atoms with E-state index in [1.807, 2.05) is 24.3 Å². The Morgan fingerprint density at radius 3 is 2.56 bits per heavy atom. The molecule has 3 aromatic carbocycles. The fourth-order valence-corrected chi connectivity index (χ4v) is 4.09. The molecule has 34 heavy (non-hydrogen) atoms. The molecule has 3 aromatic rings. The quantitative estimate of drug-likeness (QED) is 0.378. The Morgan fingerprint density at radius 2 is 1.82 bits per heavy atom. The Labute approximate surface area is 208 Å². The summed E-state index contributed by atoms with van der Waals surface area (Å²) in [6.07, 6.45) is 1.07. The summed E-state index contributed by atoms with van der Waals surface area (Å²) in [5.41, 5.74) is 3.40. The highest BCUT2D eigenvalue weighted by atomic mass is 35.5. The molecule has 0 aliphatic carbocycles. The van der Waals surface area contributed by atoms with E-state index < -0.39 is 12.1 Å². The van der Waals surface area contributed by atoms with E-state index >= 15 is 0 Å². The fraction of sp³-hybridized carbons (Fsp3) is 0.269. The first-order valence-corrected chi connectivity index (χ1v) is 11.7. The zero-order valence-corrected chi connectivity index (χ0v) is 19.9. The summed E-state index contributed by atoms with van der Waals surface area (Å²) in [5.74, 6) is 0.474. The summed E-state index contributed by atoms with van der Waals surface area (Å²) in [5, 5.41) is 23.4. The second-order valence-electron chi connectivity index (χ2n) is 8.18. The normalized spacial score (nSPS) is 15.8. The van der Waals surface area contributed by atoms with Crippen molar-refractivity contribution in [2.24, 2.45) is 0 Å². The number of carbonyl (C=O) groups is 1. The standard InChI is InChI=1S/C26H25Cl2NO5/c27-23-9-8-21(12-24(23)28)33-15-20(30)13-29-14-22-7-5-19-11-18(6-10-25(19)34-22)16-1-3-17(4-2-16)26(31)32/h1-4,6,8-12,20,22,29-30H,5,7,13-15H2,(H,31,32). The van der Waals surface area contributed by atoms with Crippen molar-refractivity contribution in [3.8, 4) is 22.6 Å². The molecular formula is C26H25Cl2NO5. The molecule has 0 amide bonds. The third kappa shape index (κ3) is 6.21. The topological polar surface area (TPSA) is 88.0 Å². The first kappa shape index (κ1) is 24.4. The van der Waals surface area contributed by atoms with Crippen LogP contribution in [-0.4, -0.2) is 48.1 Å². The van der Waals surface area contributed by atoms with Crippen molar-refractivity contribution >= 4 is 29.2 Å².